The Balaban J connectivity index is 1.50. The monoisotopic (exact) mass is 400 g/mol. The third kappa shape index (κ3) is 5.39. The van der Waals surface area contributed by atoms with Crippen molar-refractivity contribution in [3.8, 4) is 10.6 Å². The molecule has 0 radical (unpaired) electrons. The van der Waals surface area contributed by atoms with Gasteiger partial charge in [-0.1, -0.05) is 53.6 Å². The fourth-order valence-electron chi connectivity index (χ4n) is 2.30. The molecule has 5 nitrogen and oxygen atoms in total. The van der Waals surface area contributed by atoms with E-state index in [2.05, 4.69) is 10.3 Å². The molecular weight excluding hydrogens is 384 g/mol. The molecule has 0 unspecified atom stereocenters. The van der Waals surface area contributed by atoms with Gasteiger partial charge in [0.25, 0.3) is 5.91 Å². The Bertz CT molecular complexity index is 954. The first-order valence-electron chi connectivity index (χ1n) is 8.22. The molecule has 27 heavy (non-hydrogen) atoms. The van der Waals surface area contributed by atoms with Crippen LogP contribution in [0.3, 0.4) is 0 Å². The van der Waals surface area contributed by atoms with Crippen LogP contribution in [0.2, 0.25) is 5.02 Å². The lowest BCUT2D eigenvalue weighted by molar-refractivity contribution is -0.124. The molecule has 7 heteroatoms. The van der Waals surface area contributed by atoms with Gasteiger partial charge in [0.05, 0.1) is 0 Å². The molecule has 1 aromatic heterocycles. The second-order valence-electron chi connectivity index (χ2n) is 5.89. The number of hydrogen-bond acceptors (Lipinski definition) is 5. The Labute approximate surface area is 166 Å². The number of carbonyl (C=O) groups is 2. The third-order valence-corrected chi connectivity index (χ3v) is 4.85. The second-order valence-corrected chi connectivity index (χ2v) is 7.18. The van der Waals surface area contributed by atoms with Crippen LogP contribution in [0, 0.1) is 6.92 Å². The number of ether oxygens (including phenoxy) is 1. The molecule has 3 rings (SSSR count). The smallest absolute Gasteiger partial charge is 0.358 e. The molecule has 1 heterocycles. The largest absolute Gasteiger partial charge is 0.451 e. The van der Waals surface area contributed by atoms with Crippen LogP contribution in [0.5, 0.6) is 0 Å². The highest BCUT2D eigenvalue weighted by atomic mass is 35.5. The number of hydrogen-bond donors (Lipinski definition) is 1. The molecule has 2 aromatic carbocycles. The minimum Gasteiger partial charge on any atom is -0.451 e. The molecule has 0 fully saturated rings. The minimum absolute atomic E-state index is 0.193. The van der Waals surface area contributed by atoms with Crippen LogP contribution < -0.4 is 5.32 Å². The number of thiazole rings is 1. The van der Waals surface area contributed by atoms with Crippen molar-refractivity contribution in [3.63, 3.8) is 0 Å². The summed E-state index contributed by atoms with van der Waals surface area (Å²) in [6, 6.07) is 15.0. The lowest BCUT2D eigenvalue weighted by Gasteiger charge is -2.06. The Morgan fingerprint density at radius 3 is 2.70 bits per heavy atom. The Hall–Kier alpha value is -2.70. The van der Waals surface area contributed by atoms with Crippen LogP contribution in [0.25, 0.3) is 10.6 Å². The minimum atomic E-state index is -0.623. The fourth-order valence-corrected chi connectivity index (χ4v) is 3.31. The summed E-state index contributed by atoms with van der Waals surface area (Å²) >= 11 is 7.25. The lowest BCUT2D eigenvalue weighted by atomic mass is 10.2. The van der Waals surface area contributed by atoms with E-state index in [0.29, 0.717) is 11.6 Å². The highest BCUT2D eigenvalue weighted by molar-refractivity contribution is 7.13. The Morgan fingerprint density at radius 1 is 1.19 bits per heavy atom. The Kier molecular flexibility index (Phi) is 6.21. The number of benzene rings is 2. The van der Waals surface area contributed by atoms with E-state index in [-0.39, 0.29) is 12.3 Å². The maximum atomic E-state index is 12.1. The second kappa shape index (κ2) is 8.79. The average Bonchev–Trinajstić information content (AvgIpc) is 3.15. The number of amides is 1. The third-order valence-electron chi connectivity index (χ3n) is 3.72. The van der Waals surface area contributed by atoms with Crippen molar-refractivity contribution >= 4 is 34.8 Å². The predicted molar refractivity (Wildman–Crippen MR) is 106 cm³/mol. The summed E-state index contributed by atoms with van der Waals surface area (Å²) < 4.78 is 5.04. The number of aryl methyl sites for hydroxylation is 1. The molecule has 138 valence electrons. The van der Waals surface area contributed by atoms with Crippen molar-refractivity contribution in [2.45, 2.75) is 13.5 Å². The number of esters is 1. The summed E-state index contributed by atoms with van der Waals surface area (Å²) in [5.41, 5.74) is 3.14. The van der Waals surface area contributed by atoms with Gasteiger partial charge < -0.3 is 10.1 Å². The van der Waals surface area contributed by atoms with Gasteiger partial charge in [-0.25, -0.2) is 9.78 Å². The SMILES string of the molecule is Cc1ccc(-c2nc(C(=O)OCC(=O)NCc3cccc(Cl)c3)cs2)cc1. The molecule has 3 aromatic rings. The first kappa shape index (κ1) is 19.1. The van der Waals surface area contributed by atoms with Crippen molar-refractivity contribution in [2.75, 3.05) is 6.61 Å². The number of nitrogens with one attached hydrogen (secondary N) is 1. The van der Waals surface area contributed by atoms with E-state index in [0.717, 1.165) is 21.7 Å². The van der Waals surface area contributed by atoms with Gasteiger partial charge in [-0.15, -0.1) is 11.3 Å². The first-order valence-corrected chi connectivity index (χ1v) is 9.48. The summed E-state index contributed by atoms with van der Waals surface area (Å²) in [5.74, 6) is -1.01. The fraction of sp³-hybridized carbons (Fsp3) is 0.150. The van der Waals surface area contributed by atoms with Gasteiger partial charge in [0.1, 0.15) is 5.01 Å². The summed E-state index contributed by atoms with van der Waals surface area (Å²) in [4.78, 5) is 28.2. The van der Waals surface area contributed by atoms with Crippen molar-refractivity contribution in [2.24, 2.45) is 0 Å². The summed E-state index contributed by atoms with van der Waals surface area (Å²) in [5, 5.41) is 5.63. The van der Waals surface area contributed by atoms with Gasteiger partial charge in [0.15, 0.2) is 12.3 Å². The molecule has 0 saturated heterocycles. The Morgan fingerprint density at radius 2 is 1.96 bits per heavy atom. The van der Waals surface area contributed by atoms with E-state index in [1.807, 2.05) is 37.3 Å². The number of aromatic nitrogens is 1. The molecule has 0 aliphatic carbocycles. The van der Waals surface area contributed by atoms with Gasteiger partial charge in [0.2, 0.25) is 0 Å². The number of rotatable bonds is 6. The zero-order chi connectivity index (χ0) is 19.2. The highest BCUT2D eigenvalue weighted by Crippen LogP contribution is 2.24. The van der Waals surface area contributed by atoms with E-state index in [1.54, 1.807) is 23.6 Å². The van der Waals surface area contributed by atoms with Crippen molar-refractivity contribution in [1.29, 1.82) is 0 Å². The molecule has 0 aliphatic rings. The lowest BCUT2D eigenvalue weighted by Crippen LogP contribution is -2.28. The summed E-state index contributed by atoms with van der Waals surface area (Å²) in [7, 11) is 0. The first-order chi connectivity index (χ1) is 13.0. The van der Waals surface area contributed by atoms with Crippen LogP contribution in [-0.2, 0) is 16.1 Å². The summed E-state index contributed by atoms with van der Waals surface area (Å²) in [6.45, 7) is 1.95. The molecule has 0 bridgehead atoms. The standard InChI is InChI=1S/C20H17ClN2O3S/c1-13-5-7-15(8-6-13)19-23-17(12-27-19)20(25)26-11-18(24)22-10-14-3-2-4-16(21)9-14/h2-9,12H,10-11H2,1H3,(H,22,24). The molecular formula is C20H17ClN2O3S. The van der Waals surface area contributed by atoms with Crippen molar-refractivity contribution < 1.29 is 14.3 Å². The topological polar surface area (TPSA) is 68.3 Å². The number of nitrogens with zero attached hydrogens (tertiary/aromatic N) is 1. The van der Waals surface area contributed by atoms with Crippen LogP contribution in [0.1, 0.15) is 21.6 Å². The van der Waals surface area contributed by atoms with E-state index >= 15 is 0 Å². The van der Waals surface area contributed by atoms with E-state index in [4.69, 9.17) is 16.3 Å². The van der Waals surface area contributed by atoms with Crippen LogP contribution >= 0.6 is 22.9 Å². The zero-order valence-electron chi connectivity index (χ0n) is 14.6. The molecule has 0 aliphatic heterocycles. The number of halogens is 1. The quantitative estimate of drug-likeness (QED) is 0.628. The molecule has 0 atom stereocenters. The van der Waals surface area contributed by atoms with Crippen LogP contribution in [0.15, 0.2) is 53.9 Å². The molecule has 1 N–H and O–H groups in total. The van der Waals surface area contributed by atoms with Crippen LogP contribution in [0.4, 0.5) is 0 Å². The van der Waals surface area contributed by atoms with E-state index in [1.165, 1.54) is 11.3 Å². The van der Waals surface area contributed by atoms with Gasteiger partial charge in [-0.05, 0) is 24.6 Å². The van der Waals surface area contributed by atoms with Gasteiger partial charge >= 0.3 is 5.97 Å². The number of carbonyl (C=O) groups excluding carboxylic acids is 2. The normalized spacial score (nSPS) is 10.4. The van der Waals surface area contributed by atoms with Gasteiger partial charge in [-0.3, -0.25) is 4.79 Å². The maximum Gasteiger partial charge on any atom is 0.358 e. The van der Waals surface area contributed by atoms with Crippen molar-refractivity contribution in [3.05, 3.63) is 75.8 Å². The average molecular weight is 401 g/mol. The van der Waals surface area contributed by atoms with Crippen molar-refractivity contribution in [1.82, 2.24) is 10.3 Å². The maximum absolute atomic E-state index is 12.1. The summed E-state index contributed by atoms with van der Waals surface area (Å²) in [6.07, 6.45) is 0. The molecule has 0 spiro atoms. The highest BCUT2D eigenvalue weighted by Gasteiger charge is 2.15. The van der Waals surface area contributed by atoms with Gasteiger partial charge in [-0.2, -0.15) is 0 Å². The predicted octanol–water partition coefficient (Wildman–Crippen LogP) is 4.25. The molecule has 1 amide bonds. The van der Waals surface area contributed by atoms with Crippen LogP contribution in [-0.4, -0.2) is 23.5 Å². The van der Waals surface area contributed by atoms with E-state index < -0.39 is 11.9 Å². The zero-order valence-corrected chi connectivity index (χ0v) is 16.1. The van der Waals surface area contributed by atoms with E-state index in [9.17, 15) is 9.59 Å². The van der Waals surface area contributed by atoms with Gasteiger partial charge in [0, 0.05) is 22.5 Å². The molecule has 0 saturated carbocycles.